The molecule has 1 unspecified atom stereocenters. The molecule has 0 spiro atoms. The number of carbonyl (C=O) groups is 1. The minimum atomic E-state index is -0.128. The van der Waals surface area contributed by atoms with Crippen LogP contribution < -0.4 is 15.8 Å². The highest BCUT2D eigenvalue weighted by molar-refractivity contribution is 5.97. The van der Waals surface area contributed by atoms with E-state index in [1.165, 1.54) is 19.3 Å². The first-order valence-electron chi connectivity index (χ1n) is 7.10. The lowest BCUT2D eigenvalue weighted by molar-refractivity contribution is -0.121. The third kappa shape index (κ3) is 3.42. The molecule has 1 amide bonds. The molecule has 1 fully saturated rings. The standard InChI is InChI=1S/C15H23N3O2/c1-11(18-8-4-3-5-9-18)15(19)17-14-7-6-12(20-2)10-13(14)16/h6-7,10-11H,3-5,8-9,16H2,1-2H3,(H,17,19). The fourth-order valence-corrected chi connectivity index (χ4v) is 2.49. The fraction of sp³-hybridized carbons (Fsp3) is 0.533. The lowest BCUT2D eigenvalue weighted by Crippen LogP contribution is -2.44. The van der Waals surface area contributed by atoms with Gasteiger partial charge in [0.1, 0.15) is 5.75 Å². The Morgan fingerprint density at radius 2 is 2.05 bits per heavy atom. The molecule has 1 aromatic carbocycles. The van der Waals surface area contributed by atoms with Crippen molar-refractivity contribution in [2.45, 2.75) is 32.2 Å². The van der Waals surface area contributed by atoms with E-state index in [0.717, 1.165) is 13.1 Å². The number of hydrogen-bond donors (Lipinski definition) is 2. The van der Waals surface area contributed by atoms with Crippen molar-refractivity contribution >= 4 is 17.3 Å². The maximum atomic E-state index is 12.3. The number of piperidine rings is 1. The molecule has 1 atom stereocenters. The second-order valence-electron chi connectivity index (χ2n) is 5.22. The molecular weight excluding hydrogens is 254 g/mol. The number of nitrogens with one attached hydrogen (secondary N) is 1. The van der Waals surface area contributed by atoms with E-state index in [2.05, 4.69) is 10.2 Å². The van der Waals surface area contributed by atoms with Crippen LogP contribution in [0.1, 0.15) is 26.2 Å². The molecule has 0 saturated carbocycles. The summed E-state index contributed by atoms with van der Waals surface area (Å²) in [4.78, 5) is 14.5. The van der Waals surface area contributed by atoms with Gasteiger partial charge in [0.25, 0.3) is 0 Å². The van der Waals surface area contributed by atoms with Crippen molar-refractivity contribution in [3.8, 4) is 5.75 Å². The first-order chi connectivity index (χ1) is 9.61. The van der Waals surface area contributed by atoms with Crippen LogP contribution in [0.25, 0.3) is 0 Å². The van der Waals surface area contributed by atoms with Crippen molar-refractivity contribution < 1.29 is 9.53 Å². The van der Waals surface area contributed by atoms with Crippen LogP contribution in [-0.4, -0.2) is 37.0 Å². The van der Waals surface area contributed by atoms with Crippen molar-refractivity contribution in [2.24, 2.45) is 0 Å². The Morgan fingerprint density at radius 3 is 2.65 bits per heavy atom. The first kappa shape index (κ1) is 14.7. The van der Waals surface area contributed by atoms with Crippen molar-refractivity contribution in [1.82, 2.24) is 4.90 Å². The number of hydrogen-bond acceptors (Lipinski definition) is 4. The van der Waals surface area contributed by atoms with Gasteiger partial charge in [0, 0.05) is 6.07 Å². The Hall–Kier alpha value is -1.75. The number of rotatable bonds is 4. The highest BCUT2D eigenvalue weighted by Crippen LogP contribution is 2.24. The van der Waals surface area contributed by atoms with Gasteiger partial charge in [0.15, 0.2) is 0 Å². The van der Waals surface area contributed by atoms with Crippen LogP contribution in [0.3, 0.4) is 0 Å². The number of nitrogens with two attached hydrogens (primary N) is 1. The second-order valence-corrected chi connectivity index (χ2v) is 5.22. The summed E-state index contributed by atoms with van der Waals surface area (Å²) in [6, 6.07) is 5.14. The summed E-state index contributed by atoms with van der Waals surface area (Å²) >= 11 is 0. The van der Waals surface area contributed by atoms with Crippen LogP contribution >= 0.6 is 0 Å². The van der Waals surface area contributed by atoms with Crippen molar-refractivity contribution in [1.29, 1.82) is 0 Å². The molecule has 1 aliphatic rings. The monoisotopic (exact) mass is 277 g/mol. The van der Waals surface area contributed by atoms with Gasteiger partial charge in [-0.15, -0.1) is 0 Å². The van der Waals surface area contributed by atoms with E-state index in [4.69, 9.17) is 10.5 Å². The Bertz CT molecular complexity index is 470. The first-order valence-corrected chi connectivity index (χ1v) is 7.10. The summed E-state index contributed by atoms with van der Waals surface area (Å²) in [5.41, 5.74) is 7.07. The van der Waals surface area contributed by atoms with Gasteiger partial charge in [-0.3, -0.25) is 9.69 Å². The maximum Gasteiger partial charge on any atom is 0.241 e. The highest BCUT2D eigenvalue weighted by atomic mass is 16.5. The van der Waals surface area contributed by atoms with Crippen LogP contribution in [-0.2, 0) is 4.79 Å². The molecule has 20 heavy (non-hydrogen) atoms. The van der Waals surface area contributed by atoms with Gasteiger partial charge < -0.3 is 15.8 Å². The number of methoxy groups -OCH3 is 1. The van der Waals surface area contributed by atoms with E-state index in [-0.39, 0.29) is 11.9 Å². The molecule has 1 aliphatic heterocycles. The Morgan fingerprint density at radius 1 is 1.35 bits per heavy atom. The van der Waals surface area contributed by atoms with E-state index in [1.807, 2.05) is 6.92 Å². The highest BCUT2D eigenvalue weighted by Gasteiger charge is 2.23. The third-order valence-electron chi connectivity index (χ3n) is 3.83. The largest absolute Gasteiger partial charge is 0.497 e. The quantitative estimate of drug-likeness (QED) is 0.827. The minimum Gasteiger partial charge on any atom is -0.497 e. The molecule has 0 aliphatic carbocycles. The van der Waals surface area contributed by atoms with Gasteiger partial charge in [-0.2, -0.15) is 0 Å². The van der Waals surface area contributed by atoms with Gasteiger partial charge in [-0.1, -0.05) is 6.42 Å². The lowest BCUT2D eigenvalue weighted by Gasteiger charge is -2.31. The smallest absolute Gasteiger partial charge is 0.241 e. The van der Waals surface area contributed by atoms with Crippen LogP contribution in [0.15, 0.2) is 18.2 Å². The van der Waals surface area contributed by atoms with Gasteiger partial charge in [0.2, 0.25) is 5.91 Å². The average molecular weight is 277 g/mol. The normalized spacial score (nSPS) is 17.5. The average Bonchev–Trinajstić information content (AvgIpc) is 2.49. The van der Waals surface area contributed by atoms with Gasteiger partial charge in [-0.05, 0) is 45.0 Å². The van der Waals surface area contributed by atoms with Crippen molar-refractivity contribution in [3.05, 3.63) is 18.2 Å². The fourth-order valence-electron chi connectivity index (χ4n) is 2.49. The molecule has 3 N–H and O–H groups in total. The Kier molecular flexibility index (Phi) is 4.84. The maximum absolute atomic E-state index is 12.3. The molecule has 0 aromatic heterocycles. The van der Waals surface area contributed by atoms with E-state index in [1.54, 1.807) is 25.3 Å². The number of benzene rings is 1. The molecule has 2 rings (SSSR count). The van der Waals surface area contributed by atoms with Crippen molar-refractivity contribution in [3.63, 3.8) is 0 Å². The van der Waals surface area contributed by atoms with Crippen LogP contribution in [0.5, 0.6) is 5.75 Å². The third-order valence-corrected chi connectivity index (χ3v) is 3.83. The molecule has 110 valence electrons. The lowest BCUT2D eigenvalue weighted by atomic mass is 10.1. The Labute approximate surface area is 120 Å². The zero-order valence-electron chi connectivity index (χ0n) is 12.2. The zero-order valence-corrected chi connectivity index (χ0v) is 12.2. The SMILES string of the molecule is COc1ccc(NC(=O)C(C)N2CCCCC2)c(N)c1. The molecule has 1 heterocycles. The van der Waals surface area contributed by atoms with E-state index in [0.29, 0.717) is 17.1 Å². The number of nitrogen functional groups attached to an aromatic ring is 1. The van der Waals surface area contributed by atoms with E-state index in [9.17, 15) is 4.79 Å². The second kappa shape index (κ2) is 6.61. The number of carbonyl (C=O) groups excluding carboxylic acids is 1. The van der Waals surface area contributed by atoms with Crippen LogP contribution in [0.2, 0.25) is 0 Å². The van der Waals surface area contributed by atoms with Gasteiger partial charge >= 0.3 is 0 Å². The summed E-state index contributed by atoms with van der Waals surface area (Å²) in [7, 11) is 1.59. The molecule has 0 bridgehead atoms. The summed E-state index contributed by atoms with van der Waals surface area (Å²) in [5, 5.41) is 2.90. The van der Waals surface area contributed by atoms with E-state index >= 15 is 0 Å². The topological polar surface area (TPSA) is 67.6 Å². The molecule has 0 radical (unpaired) electrons. The summed E-state index contributed by atoms with van der Waals surface area (Å²) < 4.78 is 5.10. The molecule has 1 aromatic rings. The van der Waals surface area contributed by atoms with Crippen LogP contribution in [0.4, 0.5) is 11.4 Å². The number of amides is 1. The molecular formula is C15H23N3O2. The zero-order chi connectivity index (χ0) is 14.5. The van der Waals surface area contributed by atoms with Crippen LogP contribution in [0, 0.1) is 0 Å². The minimum absolute atomic E-state index is 0.0104. The number of nitrogens with zero attached hydrogens (tertiary/aromatic N) is 1. The summed E-state index contributed by atoms with van der Waals surface area (Å²) in [6.07, 6.45) is 3.60. The van der Waals surface area contributed by atoms with E-state index < -0.39 is 0 Å². The molecule has 1 saturated heterocycles. The Balaban J connectivity index is 1.99. The molecule has 5 heteroatoms. The molecule has 5 nitrogen and oxygen atoms in total. The number of anilines is 2. The summed E-state index contributed by atoms with van der Waals surface area (Å²) in [5.74, 6) is 0.674. The predicted molar refractivity (Wildman–Crippen MR) is 80.9 cm³/mol. The van der Waals surface area contributed by atoms with Crippen molar-refractivity contribution in [2.75, 3.05) is 31.2 Å². The summed E-state index contributed by atoms with van der Waals surface area (Å²) in [6.45, 7) is 3.93. The number of ether oxygens (including phenoxy) is 1. The van der Waals surface area contributed by atoms with Gasteiger partial charge in [0.05, 0.1) is 24.5 Å². The number of likely N-dealkylation sites (tertiary alicyclic amines) is 1. The predicted octanol–water partition coefficient (Wildman–Crippen LogP) is 2.09. The van der Waals surface area contributed by atoms with Gasteiger partial charge in [-0.25, -0.2) is 0 Å².